The van der Waals surface area contributed by atoms with Gasteiger partial charge in [0.15, 0.2) is 0 Å². The molecule has 0 spiro atoms. The summed E-state index contributed by atoms with van der Waals surface area (Å²) in [6, 6.07) is 4.21. The molecule has 1 unspecified atom stereocenters. The van der Waals surface area contributed by atoms with Crippen molar-refractivity contribution in [3.8, 4) is 0 Å². The molecule has 1 aromatic heterocycles. The van der Waals surface area contributed by atoms with E-state index in [1.54, 1.807) is 11.3 Å². The third-order valence-corrected chi connectivity index (χ3v) is 4.21. The molecule has 14 heavy (non-hydrogen) atoms. The van der Waals surface area contributed by atoms with E-state index in [1.165, 1.54) is 37.2 Å². The van der Waals surface area contributed by atoms with Crippen LogP contribution < -0.4 is 0 Å². The Balaban J connectivity index is 1.84. The van der Waals surface area contributed by atoms with Gasteiger partial charge in [-0.1, -0.05) is 12.5 Å². The van der Waals surface area contributed by atoms with Gasteiger partial charge in [0.1, 0.15) is 0 Å². The van der Waals surface area contributed by atoms with Crippen LogP contribution in [0.5, 0.6) is 0 Å². The minimum atomic E-state index is 0.188. The molecule has 1 aromatic rings. The summed E-state index contributed by atoms with van der Waals surface area (Å²) in [5.74, 6) is 0. The summed E-state index contributed by atoms with van der Waals surface area (Å²) < 4.78 is 0. The Bertz CT molecular complexity index is 254. The number of halogens is 1. The molecule has 0 saturated carbocycles. The van der Waals surface area contributed by atoms with E-state index in [9.17, 15) is 0 Å². The molecular weight excluding hydrogens is 214 g/mol. The van der Waals surface area contributed by atoms with Gasteiger partial charge in [-0.05, 0) is 37.4 Å². The van der Waals surface area contributed by atoms with Gasteiger partial charge in [0.05, 0.1) is 5.38 Å². The molecule has 0 N–H and O–H groups in total. The highest BCUT2D eigenvalue weighted by Crippen LogP contribution is 2.26. The lowest BCUT2D eigenvalue weighted by atomic mass is 10.1. The molecule has 1 aliphatic rings. The fraction of sp³-hybridized carbons (Fsp3) is 0.636. The second-order valence-electron chi connectivity index (χ2n) is 3.84. The molecule has 78 valence electrons. The van der Waals surface area contributed by atoms with Crippen LogP contribution in [0.25, 0.3) is 0 Å². The molecule has 1 fully saturated rings. The first-order chi connectivity index (χ1) is 6.86. The van der Waals surface area contributed by atoms with E-state index in [-0.39, 0.29) is 5.38 Å². The third kappa shape index (κ3) is 2.72. The molecule has 3 heteroatoms. The van der Waals surface area contributed by atoms with Crippen LogP contribution in [0.15, 0.2) is 17.5 Å². The van der Waals surface area contributed by atoms with Crippen molar-refractivity contribution in [3.63, 3.8) is 0 Å². The van der Waals surface area contributed by atoms with E-state index < -0.39 is 0 Å². The van der Waals surface area contributed by atoms with Crippen molar-refractivity contribution in [1.29, 1.82) is 0 Å². The monoisotopic (exact) mass is 229 g/mol. The second kappa shape index (κ2) is 5.15. The van der Waals surface area contributed by atoms with Crippen molar-refractivity contribution < 1.29 is 0 Å². The van der Waals surface area contributed by atoms with Crippen LogP contribution in [0.4, 0.5) is 0 Å². The molecule has 0 aliphatic carbocycles. The predicted molar refractivity (Wildman–Crippen MR) is 63.2 cm³/mol. The summed E-state index contributed by atoms with van der Waals surface area (Å²) in [6.07, 6.45) is 4.07. The van der Waals surface area contributed by atoms with Gasteiger partial charge in [-0.3, -0.25) is 0 Å². The average molecular weight is 230 g/mol. The quantitative estimate of drug-likeness (QED) is 0.717. The van der Waals surface area contributed by atoms with Crippen LogP contribution in [0.3, 0.4) is 0 Å². The van der Waals surface area contributed by atoms with Crippen LogP contribution >= 0.6 is 22.9 Å². The largest absolute Gasteiger partial charge is 0.301 e. The number of rotatable bonds is 3. The molecule has 0 amide bonds. The molecule has 2 rings (SSSR count). The Labute approximate surface area is 94.7 Å². The van der Waals surface area contributed by atoms with Gasteiger partial charge in [0, 0.05) is 11.4 Å². The number of hydrogen-bond acceptors (Lipinski definition) is 2. The highest BCUT2D eigenvalue weighted by molar-refractivity contribution is 7.10. The van der Waals surface area contributed by atoms with Gasteiger partial charge in [-0.2, -0.15) is 0 Å². The van der Waals surface area contributed by atoms with Crippen molar-refractivity contribution in [1.82, 2.24) is 4.90 Å². The van der Waals surface area contributed by atoms with E-state index in [1.807, 2.05) is 0 Å². The summed E-state index contributed by atoms with van der Waals surface area (Å²) in [5.41, 5.74) is 0. The van der Waals surface area contributed by atoms with E-state index in [4.69, 9.17) is 11.6 Å². The number of piperidine rings is 1. The first-order valence-corrected chi connectivity index (χ1v) is 6.58. The van der Waals surface area contributed by atoms with Crippen molar-refractivity contribution in [2.45, 2.75) is 24.6 Å². The number of thiophene rings is 1. The fourth-order valence-corrected chi connectivity index (χ4v) is 3.04. The van der Waals surface area contributed by atoms with E-state index in [0.29, 0.717) is 0 Å². The van der Waals surface area contributed by atoms with Gasteiger partial charge in [0.25, 0.3) is 0 Å². The maximum absolute atomic E-state index is 6.35. The zero-order valence-corrected chi connectivity index (χ0v) is 9.86. The number of nitrogens with zero attached hydrogens (tertiary/aromatic N) is 1. The molecule has 0 aromatic carbocycles. The molecule has 1 saturated heterocycles. The van der Waals surface area contributed by atoms with Crippen molar-refractivity contribution in [2.24, 2.45) is 0 Å². The lowest BCUT2D eigenvalue weighted by Crippen LogP contribution is -2.32. The van der Waals surface area contributed by atoms with Gasteiger partial charge in [0.2, 0.25) is 0 Å². The average Bonchev–Trinajstić information content (AvgIpc) is 2.72. The Hall–Kier alpha value is -0.0500. The molecule has 0 radical (unpaired) electrons. The van der Waals surface area contributed by atoms with Crippen molar-refractivity contribution >= 4 is 22.9 Å². The lowest BCUT2D eigenvalue weighted by Gasteiger charge is -2.27. The summed E-state index contributed by atoms with van der Waals surface area (Å²) in [4.78, 5) is 3.79. The van der Waals surface area contributed by atoms with Gasteiger partial charge >= 0.3 is 0 Å². The summed E-state index contributed by atoms with van der Waals surface area (Å²) in [7, 11) is 0. The second-order valence-corrected chi connectivity index (χ2v) is 5.35. The van der Waals surface area contributed by atoms with Crippen molar-refractivity contribution in [2.75, 3.05) is 19.6 Å². The van der Waals surface area contributed by atoms with Gasteiger partial charge in [-0.15, -0.1) is 22.9 Å². The maximum Gasteiger partial charge on any atom is 0.0805 e. The zero-order chi connectivity index (χ0) is 9.80. The van der Waals surface area contributed by atoms with Crippen LogP contribution in [0.1, 0.15) is 29.5 Å². The predicted octanol–water partition coefficient (Wildman–Crippen LogP) is 3.51. The Morgan fingerprint density at radius 3 is 2.79 bits per heavy atom. The van der Waals surface area contributed by atoms with Crippen LogP contribution in [-0.2, 0) is 0 Å². The van der Waals surface area contributed by atoms with E-state index in [0.717, 1.165) is 6.54 Å². The minimum absolute atomic E-state index is 0.188. The Morgan fingerprint density at radius 1 is 1.36 bits per heavy atom. The maximum atomic E-state index is 6.35. The van der Waals surface area contributed by atoms with E-state index in [2.05, 4.69) is 22.4 Å². The Kier molecular flexibility index (Phi) is 3.85. The topological polar surface area (TPSA) is 3.24 Å². The van der Waals surface area contributed by atoms with Crippen LogP contribution in [0, 0.1) is 0 Å². The third-order valence-electron chi connectivity index (χ3n) is 2.72. The summed E-state index contributed by atoms with van der Waals surface area (Å²) in [6.45, 7) is 3.48. The summed E-state index contributed by atoms with van der Waals surface area (Å²) >= 11 is 8.11. The highest BCUT2D eigenvalue weighted by atomic mass is 35.5. The van der Waals surface area contributed by atoms with Gasteiger partial charge < -0.3 is 4.90 Å². The first kappa shape index (κ1) is 10.5. The normalized spacial score (nSPS) is 20.9. The number of alkyl halides is 1. The van der Waals surface area contributed by atoms with Crippen LogP contribution in [0.2, 0.25) is 0 Å². The van der Waals surface area contributed by atoms with Crippen LogP contribution in [-0.4, -0.2) is 24.5 Å². The highest BCUT2D eigenvalue weighted by Gasteiger charge is 2.16. The SMILES string of the molecule is ClC(CN1CCCCC1)c1cccs1. The summed E-state index contributed by atoms with van der Waals surface area (Å²) in [5, 5.41) is 2.29. The fourth-order valence-electron chi connectivity index (χ4n) is 1.93. The molecule has 1 atom stereocenters. The molecule has 0 bridgehead atoms. The number of hydrogen-bond donors (Lipinski definition) is 0. The molecule has 2 heterocycles. The van der Waals surface area contributed by atoms with E-state index >= 15 is 0 Å². The smallest absolute Gasteiger partial charge is 0.0805 e. The zero-order valence-electron chi connectivity index (χ0n) is 8.29. The number of likely N-dealkylation sites (tertiary alicyclic amines) is 1. The minimum Gasteiger partial charge on any atom is -0.301 e. The van der Waals surface area contributed by atoms with Gasteiger partial charge in [-0.25, -0.2) is 0 Å². The van der Waals surface area contributed by atoms with Crippen molar-refractivity contribution in [3.05, 3.63) is 22.4 Å². The molecule has 1 nitrogen and oxygen atoms in total. The molecule has 1 aliphatic heterocycles. The standard InChI is InChI=1S/C11H16ClNS/c12-10(11-5-4-8-14-11)9-13-6-2-1-3-7-13/h4-5,8,10H,1-3,6-7,9H2. The lowest BCUT2D eigenvalue weighted by molar-refractivity contribution is 0.229. The first-order valence-electron chi connectivity index (χ1n) is 5.26. The molecular formula is C11H16ClNS. The Morgan fingerprint density at radius 2 is 2.14 bits per heavy atom.